The van der Waals surface area contributed by atoms with Gasteiger partial charge < -0.3 is 4.74 Å². The highest BCUT2D eigenvalue weighted by Gasteiger charge is 2.41. The summed E-state index contributed by atoms with van der Waals surface area (Å²) < 4.78 is 6.21. The molecule has 0 saturated heterocycles. The maximum absolute atomic E-state index is 6.38. The fourth-order valence-corrected chi connectivity index (χ4v) is 3.80. The number of ether oxygens (including phenoxy) is 1. The summed E-state index contributed by atoms with van der Waals surface area (Å²) in [5, 5.41) is 1.33. The molecule has 1 unspecified atom stereocenters. The molecular formula is C16H24Cl2N2O. The second kappa shape index (κ2) is 7.80. The fourth-order valence-electron chi connectivity index (χ4n) is 3.39. The van der Waals surface area contributed by atoms with Crippen molar-refractivity contribution in [3.05, 3.63) is 33.8 Å². The number of halogens is 2. The number of benzene rings is 1. The molecule has 3 nitrogen and oxygen atoms in total. The Morgan fingerprint density at radius 1 is 1.24 bits per heavy atom. The predicted molar refractivity (Wildman–Crippen MR) is 88.6 cm³/mol. The molecule has 118 valence electrons. The van der Waals surface area contributed by atoms with Gasteiger partial charge in [-0.2, -0.15) is 0 Å². The highest BCUT2D eigenvalue weighted by Crippen LogP contribution is 2.42. The lowest BCUT2D eigenvalue weighted by Gasteiger charge is -2.40. The van der Waals surface area contributed by atoms with E-state index in [1.807, 2.05) is 19.1 Å². The van der Waals surface area contributed by atoms with Gasteiger partial charge in [-0.1, -0.05) is 48.9 Å². The zero-order chi connectivity index (χ0) is 15.3. The first-order chi connectivity index (χ1) is 10.1. The van der Waals surface area contributed by atoms with E-state index in [4.69, 9.17) is 33.8 Å². The van der Waals surface area contributed by atoms with E-state index in [0.717, 1.165) is 31.2 Å². The van der Waals surface area contributed by atoms with Crippen molar-refractivity contribution in [2.75, 3.05) is 6.61 Å². The van der Waals surface area contributed by atoms with Gasteiger partial charge in [0.15, 0.2) is 0 Å². The van der Waals surface area contributed by atoms with E-state index in [-0.39, 0.29) is 11.6 Å². The number of hydrogen-bond acceptors (Lipinski definition) is 3. The van der Waals surface area contributed by atoms with Crippen LogP contribution in [0, 0.1) is 0 Å². The SMILES string of the molecule is CCOC1(C(NN)c2cc(Cl)ccc2Cl)CCCCCC1. The molecule has 1 aromatic rings. The van der Waals surface area contributed by atoms with Crippen LogP contribution in [0.3, 0.4) is 0 Å². The second-order valence-electron chi connectivity index (χ2n) is 5.68. The Labute approximate surface area is 137 Å². The zero-order valence-corrected chi connectivity index (χ0v) is 14.0. The third-order valence-electron chi connectivity index (χ3n) is 4.34. The van der Waals surface area contributed by atoms with Gasteiger partial charge in [0.05, 0.1) is 11.6 Å². The van der Waals surface area contributed by atoms with Gasteiger partial charge in [0.2, 0.25) is 0 Å². The minimum Gasteiger partial charge on any atom is -0.373 e. The summed E-state index contributed by atoms with van der Waals surface area (Å²) >= 11 is 12.5. The van der Waals surface area contributed by atoms with Crippen LogP contribution in [0.2, 0.25) is 10.0 Å². The number of hydrogen-bond donors (Lipinski definition) is 2. The molecule has 0 bridgehead atoms. The highest BCUT2D eigenvalue weighted by molar-refractivity contribution is 6.33. The van der Waals surface area contributed by atoms with Crippen molar-refractivity contribution >= 4 is 23.2 Å². The van der Waals surface area contributed by atoms with E-state index in [1.165, 1.54) is 12.8 Å². The van der Waals surface area contributed by atoms with Gasteiger partial charge in [-0.05, 0) is 43.5 Å². The Morgan fingerprint density at radius 2 is 1.90 bits per heavy atom. The van der Waals surface area contributed by atoms with Gasteiger partial charge in [0.1, 0.15) is 0 Å². The van der Waals surface area contributed by atoms with Crippen molar-refractivity contribution < 1.29 is 4.74 Å². The largest absolute Gasteiger partial charge is 0.373 e. The first-order valence-electron chi connectivity index (χ1n) is 7.68. The second-order valence-corrected chi connectivity index (χ2v) is 6.52. The minimum atomic E-state index is -0.311. The molecule has 0 heterocycles. The van der Waals surface area contributed by atoms with Crippen LogP contribution in [0.1, 0.15) is 57.1 Å². The maximum atomic E-state index is 6.38. The normalized spacial score (nSPS) is 20.0. The Bertz CT molecular complexity index is 460. The van der Waals surface area contributed by atoms with Crippen LogP contribution in [-0.4, -0.2) is 12.2 Å². The first kappa shape index (κ1) is 17.0. The molecule has 2 rings (SSSR count). The van der Waals surface area contributed by atoms with Crippen molar-refractivity contribution in [2.24, 2.45) is 5.84 Å². The summed E-state index contributed by atoms with van der Waals surface area (Å²) in [4.78, 5) is 0. The molecule has 0 aliphatic heterocycles. The summed E-state index contributed by atoms with van der Waals surface area (Å²) in [7, 11) is 0. The summed E-state index contributed by atoms with van der Waals surface area (Å²) in [6.07, 6.45) is 6.76. The Hall–Kier alpha value is -0.320. The van der Waals surface area contributed by atoms with Gasteiger partial charge >= 0.3 is 0 Å². The van der Waals surface area contributed by atoms with Crippen LogP contribution < -0.4 is 11.3 Å². The molecule has 3 N–H and O–H groups in total. The Kier molecular flexibility index (Phi) is 6.33. The van der Waals surface area contributed by atoms with Gasteiger partial charge in [-0.25, -0.2) is 0 Å². The topological polar surface area (TPSA) is 47.3 Å². The van der Waals surface area contributed by atoms with E-state index >= 15 is 0 Å². The molecule has 1 saturated carbocycles. The molecule has 0 spiro atoms. The smallest absolute Gasteiger partial charge is 0.0889 e. The summed E-state index contributed by atoms with van der Waals surface area (Å²) in [6.45, 7) is 2.69. The summed E-state index contributed by atoms with van der Waals surface area (Å²) in [6, 6.07) is 5.35. The fraction of sp³-hybridized carbons (Fsp3) is 0.625. The third-order valence-corrected chi connectivity index (χ3v) is 4.92. The lowest BCUT2D eigenvalue weighted by atomic mass is 9.82. The molecule has 1 atom stereocenters. The molecule has 1 aromatic carbocycles. The number of nitrogens with two attached hydrogens (primary N) is 1. The standard InChI is InChI=1S/C16H24Cl2N2O/c1-2-21-16(9-5-3-4-6-10-16)15(20-19)13-11-12(17)7-8-14(13)18/h7-8,11,15,20H,2-6,9-10,19H2,1H3. The molecule has 1 aliphatic carbocycles. The van der Waals surface area contributed by atoms with E-state index in [1.54, 1.807) is 6.07 Å². The van der Waals surface area contributed by atoms with Gasteiger partial charge in [-0.3, -0.25) is 11.3 Å². The zero-order valence-electron chi connectivity index (χ0n) is 12.5. The van der Waals surface area contributed by atoms with E-state index in [0.29, 0.717) is 16.7 Å². The molecule has 1 aliphatic rings. The van der Waals surface area contributed by atoms with Crippen molar-refractivity contribution in [2.45, 2.75) is 57.1 Å². The molecule has 0 amide bonds. The minimum absolute atomic E-state index is 0.151. The van der Waals surface area contributed by atoms with Gasteiger partial charge in [0, 0.05) is 16.7 Å². The van der Waals surface area contributed by atoms with E-state index in [2.05, 4.69) is 5.43 Å². The van der Waals surface area contributed by atoms with Crippen LogP contribution in [0.4, 0.5) is 0 Å². The Morgan fingerprint density at radius 3 is 2.48 bits per heavy atom. The molecule has 0 radical (unpaired) electrons. The van der Waals surface area contributed by atoms with Crippen LogP contribution in [0.15, 0.2) is 18.2 Å². The lowest BCUT2D eigenvalue weighted by molar-refractivity contribution is -0.0782. The van der Waals surface area contributed by atoms with E-state index in [9.17, 15) is 0 Å². The molecule has 21 heavy (non-hydrogen) atoms. The van der Waals surface area contributed by atoms with Crippen molar-refractivity contribution in [1.29, 1.82) is 0 Å². The highest BCUT2D eigenvalue weighted by atomic mass is 35.5. The Balaban J connectivity index is 2.41. The average molecular weight is 331 g/mol. The lowest BCUT2D eigenvalue weighted by Crippen LogP contribution is -2.48. The van der Waals surface area contributed by atoms with Crippen molar-refractivity contribution in [3.8, 4) is 0 Å². The molecule has 0 aromatic heterocycles. The molecular weight excluding hydrogens is 307 g/mol. The maximum Gasteiger partial charge on any atom is 0.0889 e. The number of nitrogens with one attached hydrogen (secondary N) is 1. The first-order valence-corrected chi connectivity index (χ1v) is 8.43. The molecule has 5 heteroatoms. The number of hydrazine groups is 1. The van der Waals surface area contributed by atoms with Gasteiger partial charge in [0.25, 0.3) is 0 Å². The van der Waals surface area contributed by atoms with E-state index < -0.39 is 0 Å². The summed E-state index contributed by atoms with van der Waals surface area (Å²) in [5.74, 6) is 5.89. The quantitative estimate of drug-likeness (QED) is 0.470. The monoisotopic (exact) mass is 330 g/mol. The van der Waals surface area contributed by atoms with Crippen LogP contribution >= 0.6 is 23.2 Å². The predicted octanol–water partition coefficient (Wildman–Crippen LogP) is 4.63. The van der Waals surface area contributed by atoms with Crippen molar-refractivity contribution in [1.82, 2.24) is 5.43 Å². The molecule has 1 fully saturated rings. The van der Waals surface area contributed by atoms with Crippen LogP contribution in [0.5, 0.6) is 0 Å². The van der Waals surface area contributed by atoms with Crippen molar-refractivity contribution in [3.63, 3.8) is 0 Å². The van der Waals surface area contributed by atoms with Gasteiger partial charge in [-0.15, -0.1) is 0 Å². The number of rotatable bonds is 5. The third kappa shape index (κ3) is 3.91. The van der Waals surface area contributed by atoms with Crippen LogP contribution in [0.25, 0.3) is 0 Å². The summed E-state index contributed by atoms with van der Waals surface area (Å²) in [5.41, 5.74) is 3.55. The van der Waals surface area contributed by atoms with Crippen LogP contribution in [-0.2, 0) is 4.74 Å². The average Bonchev–Trinajstić information content (AvgIpc) is 2.70.